The second-order valence-corrected chi connectivity index (χ2v) is 5.06. The second-order valence-electron chi connectivity index (χ2n) is 4.68. The average Bonchev–Trinajstić information content (AvgIpc) is 2.50. The van der Waals surface area contributed by atoms with Gasteiger partial charge >= 0.3 is 6.09 Å². The number of piperidine rings is 1. The van der Waals surface area contributed by atoms with E-state index in [1.807, 2.05) is 0 Å². The standard InChI is InChI=1S/C13H23ClN2O5/c1-19-8-9-20-10-12(17)15-11-2-5-16(6-3-11)13(18)21-7-4-14/h11H,2-10H2,1H3,(H,15,17). The van der Waals surface area contributed by atoms with Gasteiger partial charge in [0.2, 0.25) is 5.91 Å². The molecule has 0 bridgehead atoms. The van der Waals surface area contributed by atoms with E-state index < -0.39 is 0 Å². The van der Waals surface area contributed by atoms with Crippen molar-refractivity contribution in [2.45, 2.75) is 18.9 Å². The second kappa shape index (κ2) is 10.6. The van der Waals surface area contributed by atoms with Crippen molar-refractivity contribution in [3.8, 4) is 0 Å². The molecule has 1 fully saturated rings. The van der Waals surface area contributed by atoms with Gasteiger partial charge in [-0.15, -0.1) is 11.6 Å². The molecule has 0 aromatic carbocycles. The maximum absolute atomic E-state index is 11.6. The van der Waals surface area contributed by atoms with Crippen molar-refractivity contribution in [1.82, 2.24) is 10.2 Å². The summed E-state index contributed by atoms with van der Waals surface area (Å²) < 4.78 is 14.9. The van der Waals surface area contributed by atoms with Gasteiger partial charge in [-0.25, -0.2) is 4.79 Å². The van der Waals surface area contributed by atoms with Crippen molar-refractivity contribution in [2.24, 2.45) is 0 Å². The van der Waals surface area contributed by atoms with Gasteiger partial charge < -0.3 is 24.4 Å². The molecule has 2 amide bonds. The number of carbonyl (C=O) groups is 2. The molecule has 0 unspecified atom stereocenters. The lowest BCUT2D eigenvalue weighted by Crippen LogP contribution is -2.47. The van der Waals surface area contributed by atoms with E-state index in [1.165, 1.54) is 0 Å². The molecule has 0 radical (unpaired) electrons. The van der Waals surface area contributed by atoms with Gasteiger partial charge in [-0.1, -0.05) is 0 Å². The van der Waals surface area contributed by atoms with E-state index in [-0.39, 0.29) is 31.3 Å². The summed E-state index contributed by atoms with van der Waals surface area (Å²) >= 11 is 5.46. The van der Waals surface area contributed by atoms with Gasteiger partial charge in [0.1, 0.15) is 13.2 Å². The molecule has 1 aliphatic heterocycles. The van der Waals surface area contributed by atoms with Crippen LogP contribution in [0.1, 0.15) is 12.8 Å². The Morgan fingerprint density at radius 2 is 1.95 bits per heavy atom. The van der Waals surface area contributed by atoms with Crippen LogP contribution < -0.4 is 5.32 Å². The minimum Gasteiger partial charge on any atom is -0.448 e. The Bertz CT molecular complexity index is 322. The first-order valence-corrected chi connectivity index (χ1v) is 7.54. The summed E-state index contributed by atoms with van der Waals surface area (Å²) in [5.41, 5.74) is 0. The number of nitrogens with zero attached hydrogens (tertiary/aromatic N) is 1. The molecule has 1 aliphatic rings. The van der Waals surface area contributed by atoms with Crippen LogP contribution in [0.4, 0.5) is 4.79 Å². The Morgan fingerprint density at radius 3 is 2.57 bits per heavy atom. The molecule has 0 atom stereocenters. The normalized spacial score (nSPS) is 15.8. The molecule has 0 spiro atoms. The zero-order valence-corrected chi connectivity index (χ0v) is 13.1. The van der Waals surface area contributed by atoms with Crippen LogP contribution in [0, 0.1) is 0 Å². The zero-order valence-electron chi connectivity index (χ0n) is 12.3. The number of nitrogens with one attached hydrogen (secondary N) is 1. The van der Waals surface area contributed by atoms with Crippen LogP contribution in [-0.2, 0) is 19.0 Å². The molecular formula is C13H23ClN2O5. The fourth-order valence-corrected chi connectivity index (χ4v) is 2.08. The number of alkyl halides is 1. The number of amides is 2. The predicted molar refractivity (Wildman–Crippen MR) is 77.5 cm³/mol. The first-order valence-electron chi connectivity index (χ1n) is 7.01. The Kier molecular flexibility index (Phi) is 9.12. The molecular weight excluding hydrogens is 300 g/mol. The maximum Gasteiger partial charge on any atom is 0.409 e. The van der Waals surface area contributed by atoms with Gasteiger partial charge in [-0.05, 0) is 12.8 Å². The zero-order chi connectivity index (χ0) is 15.5. The SMILES string of the molecule is COCCOCC(=O)NC1CCN(C(=O)OCCCl)CC1. The van der Waals surface area contributed by atoms with Crippen LogP contribution in [0.3, 0.4) is 0 Å². The van der Waals surface area contributed by atoms with Crippen LogP contribution >= 0.6 is 11.6 Å². The van der Waals surface area contributed by atoms with Crippen LogP contribution in [-0.4, -0.2) is 75.4 Å². The summed E-state index contributed by atoms with van der Waals surface area (Å²) in [6.07, 6.45) is 1.07. The monoisotopic (exact) mass is 322 g/mol. The smallest absolute Gasteiger partial charge is 0.409 e. The van der Waals surface area contributed by atoms with E-state index in [0.717, 1.165) is 0 Å². The van der Waals surface area contributed by atoms with Crippen LogP contribution in [0.15, 0.2) is 0 Å². The highest BCUT2D eigenvalue weighted by Crippen LogP contribution is 2.11. The van der Waals surface area contributed by atoms with Gasteiger partial charge in [-0.2, -0.15) is 0 Å². The lowest BCUT2D eigenvalue weighted by atomic mass is 10.1. The molecule has 1 rings (SSSR count). The highest BCUT2D eigenvalue weighted by atomic mass is 35.5. The van der Waals surface area contributed by atoms with Gasteiger partial charge in [0, 0.05) is 26.2 Å². The van der Waals surface area contributed by atoms with Crippen LogP contribution in [0.2, 0.25) is 0 Å². The van der Waals surface area contributed by atoms with E-state index in [4.69, 9.17) is 25.8 Å². The summed E-state index contributed by atoms with van der Waals surface area (Å²) in [7, 11) is 1.58. The van der Waals surface area contributed by atoms with Gasteiger partial charge in [-0.3, -0.25) is 4.79 Å². The molecule has 1 saturated heterocycles. The number of rotatable bonds is 8. The molecule has 8 heteroatoms. The van der Waals surface area contributed by atoms with Crippen molar-refractivity contribution in [3.63, 3.8) is 0 Å². The molecule has 1 N–H and O–H groups in total. The molecule has 0 aromatic rings. The van der Waals surface area contributed by atoms with E-state index in [9.17, 15) is 9.59 Å². The number of hydrogen-bond donors (Lipinski definition) is 1. The Hall–Kier alpha value is -1.05. The number of halogens is 1. The molecule has 0 aliphatic carbocycles. The maximum atomic E-state index is 11.6. The quantitative estimate of drug-likeness (QED) is 0.523. The highest BCUT2D eigenvalue weighted by molar-refractivity contribution is 6.18. The molecule has 21 heavy (non-hydrogen) atoms. The van der Waals surface area contributed by atoms with Crippen molar-refractivity contribution < 1.29 is 23.8 Å². The van der Waals surface area contributed by atoms with Gasteiger partial charge in [0.25, 0.3) is 0 Å². The topological polar surface area (TPSA) is 77.1 Å². The summed E-state index contributed by atoms with van der Waals surface area (Å²) in [4.78, 5) is 24.9. The van der Waals surface area contributed by atoms with E-state index in [1.54, 1.807) is 12.0 Å². The number of methoxy groups -OCH3 is 1. The Labute approximate surface area is 129 Å². The Morgan fingerprint density at radius 1 is 1.24 bits per heavy atom. The minimum absolute atomic E-state index is 0.0291. The lowest BCUT2D eigenvalue weighted by Gasteiger charge is -2.31. The third kappa shape index (κ3) is 7.50. The van der Waals surface area contributed by atoms with E-state index >= 15 is 0 Å². The first-order chi connectivity index (χ1) is 10.2. The summed E-state index contributed by atoms with van der Waals surface area (Å²) in [5.74, 6) is 0.149. The third-order valence-corrected chi connectivity index (χ3v) is 3.24. The molecule has 122 valence electrons. The number of ether oxygens (including phenoxy) is 3. The summed E-state index contributed by atoms with van der Waals surface area (Å²) in [6.45, 7) is 2.25. The largest absolute Gasteiger partial charge is 0.448 e. The van der Waals surface area contributed by atoms with Gasteiger partial charge in [0.15, 0.2) is 0 Å². The minimum atomic E-state index is -0.344. The molecule has 0 saturated carbocycles. The van der Waals surface area contributed by atoms with E-state index in [2.05, 4.69) is 5.32 Å². The van der Waals surface area contributed by atoms with Crippen LogP contribution in [0.5, 0.6) is 0 Å². The molecule has 7 nitrogen and oxygen atoms in total. The van der Waals surface area contributed by atoms with Crippen molar-refractivity contribution in [2.75, 3.05) is 52.5 Å². The number of carbonyl (C=O) groups excluding carboxylic acids is 2. The van der Waals surface area contributed by atoms with Crippen molar-refractivity contribution in [3.05, 3.63) is 0 Å². The van der Waals surface area contributed by atoms with E-state index in [0.29, 0.717) is 45.0 Å². The Balaban J connectivity index is 2.15. The fourth-order valence-electron chi connectivity index (χ4n) is 2.00. The van der Waals surface area contributed by atoms with Crippen molar-refractivity contribution >= 4 is 23.6 Å². The summed E-state index contributed by atoms with van der Waals surface area (Å²) in [5, 5.41) is 2.89. The number of hydrogen-bond acceptors (Lipinski definition) is 5. The molecule has 1 heterocycles. The first kappa shape index (κ1) is 18.0. The van der Waals surface area contributed by atoms with Crippen LogP contribution in [0.25, 0.3) is 0 Å². The predicted octanol–water partition coefficient (Wildman–Crippen LogP) is 0.605. The van der Waals surface area contributed by atoms with Gasteiger partial charge in [0.05, 0.1) is 19.1 Å². The third-order valence-electron chi connectivity index (χ3n) is 3.09. The average molecular weight is 323 g/mol. The van der Waals surface area contributed by atoms with Crippen molar-refractivity contribution in [1.29, 1.82) is 0 Å². The molecule has 0 aromatic heterocycles. The highest BCUT2D eigenvalue weighted by Gasteiger charge is 2.24. The number of likely N-dealkylation sites (tertiary alicyclic amines) is 1. The fraction of sp³-hybridized carbons (Fsp3) is 0.846. The summed E-state index contributed by atoms with van der Waals surface area (Å²) in [6, 6.07) is 0.0700. The lowest BCUT2D eigenvalue weighted by molar-refractivity contribution is -0.127.